The second-order valence-electron chi connectivity index (χ2n) is 3.46. The first-order chi connectivity index (χ1) is 6.27. The third-order valence-corrected chi connectivity index (χ3v) is 2.88. The summed E-state index contributed by atoms with van der Waals surface area (Å²) in [5, 5.41) is 0. The van der Waals surface area contributed by atoms with Crippen molar-refractivity contribution in [2.75, 3.05) is 0 Å². The normalized spacial score (nSPS) is 17.8. The summed E-state index contributed by atoms with van der Waals surface area (Å²) in [5.41, 5.74) is -0.112. The van der Waals surface area contributed by atoms with E-state index in [4.69, 9.17) is 12.2 Å². The van der Waals surface area contributed by atoms with Crippen molar-refractivity contribution in [2.24, 2.45) is 0 Å². The van der Waals surface area contributed by atoms with Crippen LogP contribution in [0.25, 0.3) is 0 Å². The Morgan fingerprint density at radius 1 is 1.46 bits per heavy atom. The van der Waals surface area contributed by atoms with Gasteiger partial charge >= 0.3 is 0 Å². The Morgan fingerprint density at radius 2 is 2.15 bits per heavy atom. The van der Waals surface area contributed by atoms with Crippen LogP contribution < -0.4 is 5.56 Å². The fourth-order valence-electron chi connectivity index (χ4n) is 1.90. The van der Waals surface area contributed by atoms with Gasteiger partial charge in [-0.2, -0.15) is 0 Å². The van der Waals surface area contributed by atoms with Gasteiger partial charge in [-0.15, -0.1) is 0 Å². The van der Waals surface area contributed by atoms with Gasteiger partial charge in [0.15, 0.2) is 4.77 Å². The van der Waals surface area contributed by atoms with Crippen molar-refractivity contribution in [2.45, 2.75) is 31.7 Å². The Morgan fingerprint density at radius 3 is 2.77 bits per heavy atom. The van der Waals surface area contributed by atoms with Gasteiger partial charge in [0.2, 0.25) is 0 Å². The van der Waals surface area contributed by atoms with Gasteiger partial charge in [0.1, 0.15) is 0 Å². The van der Waals surface area contributed by atoms with Crippen LogP contribution in [0.4, 0.5) is 0 Å². The molecular formula is C9H12N2OS. The molecule has 0 spiro atoms. The summed E-state index contributed by atoms with van der Waals surface area (Å²) in [6.07, 6.45) is 6.70. The van der Waals surface area contributed by atoms with Crippen molar-refractivity contribution in [1.29, 1.82) is 0 Å². The summed E-state index contributed by atoms with van der Waals surface area (Å²) in [4.78, 5) is 13.6. The zero-order valence-electron chi connectivity index (χ0n) is 7.32. The zero-order valence-corrected chi connectivity index (χ0v) is 8.14. The molecule has 1 N–H and O–H groups in total. The number of nitrogens with zero attached hydrogens (tertiary/aromatic N) is 1. The molecule has 0 saturated heterocycles. The SMILES string of the molecule is O=c1ccn(C2CCCC2)c(=S)[nH]1. The highest BCUT2D eigenvalue weighted by atomic mass is 32.1. The molecular weight excluding hydrogens is 184 g/mol. The van der Waals surface area contributed by atoms with Crippen LogP contribution in [-0.4, -0.2) is 9.55 Å². The van der Waals surface area contributed by atoms with E-state index in [1.54, 1.807) is 6.20 Å². The maximum atomic E-state index is 10.9. The third-order valence-electron chi connectivity index (χ3n) is 2.57. The summed E-state index contributed by atoms with van der Waals surface area (Å²) >= 11 is 5.08. The number of hydrogen-bond donors (Lipinski definition) is 1. The molecule has 0 unspecified atom stereocenters. The van der Waals surface area contributed by atoms with E-state index in [0.717, 1.165) is 0 Å². The predicted octanol–water partition coefficient (Wildman–Crippen LogP) is 2.02. The monoisotopic (exact) mass is 196 g/mol. The minimum Gasteiger partial charge on any atom is -0.322 e. The van der Waals surface area contributed by atoms with E-state index in [2.05, 4.69) is 4.98 Å². The molecule has 4 heteroatoms. The molecule has 0 radical (unpaired) electrons. The molecule has 1 aromatic rings. The Hall–Kier alpha value is -0.900. The molecule has 70 valence electrons. The Bertz CT molecular complexity index is 401. The third kappa shape index (κ3) is 1.72. The van der Waals surface area contributed by atoms with E-state index in [9.17, 15) is 4.79 Å². The molecule has 0 bridgehead atoms. The van der Waals surface area contributed by atoms with E-state index in [1.807, 2.05) is 4.57 Å². The molecule has 1 saturated carbocycles. The molecule has 0 aromatic carbocycles. The van der Waals surface area contributed by atoms with E-state index < -0.39 is 0 Å². The summed E-state index contributed by atoms with van der Waals surface area (Å²) in [6.45, 7) is 0. The first-order valence-corrected chi connectivity index (χ1v) is 5.00. The Balaban J connectivity index is 2.40. The lowest BCUT2D eigenvalue weighted by atomic mass is 10.2. The lowest BCUT2D eigenvalue weighted by Gasteiger charge is -2.12. The van der Waals surface area contributed by atoms with E-state index in [1.165, 1.54) is 31.7 Å². The number of hydrogen-bond acceptors (Lipinski definition) is 2. The maximum absolute atomic E-state index is 10.9. The molecule has 1 aliphatic rings. The van der Waals surface area contributed by atoms with Crippen LogP contribution in [-0.2, 0) is 0 Å². The van der Waals surface area contributed by atoms with Gasteiger partial charge in [-0.1, -0.05) is 12.8 Å². The zero-order chi connectivity index (χ0) is 9.26. The molecule has 0 atom stereocenters. The highest BCUT2D eigenvalue weighted by Crippen LogP contribution is 2.28. The topological polar surface area (TPSA) is 37.8 Å². The first kappa shape index (κ1) is 8.69. The molecule has 0 amide bonds. The molecule has 13 heavy (non-hydrogen) atoms. The molecule has 1 fully saturated rings. The lowest BCUT2D eigenvalue weighted by molar-refractivity contribution is 0.501. The molecule has 0 aliphatic heterocycles. The van der Waals surface area contributed by atoms with Gasteiger partial charge in [0, 0.05) is 18.3 Å². The van der Waals surface area contributed by atoms with Crippen LogP contribution in [0.2, 0.25) is 0 Å². The van der Waals surface area contributed by atoms with Crippen molar-refractivity contribution < 1.29 is 0 Å². The smallest absolute Gasteiger partial charge is 0.251 e. The number of aromatic amines is 1. The van der Waals surface area contributed by atoms with Crippen LogP contribution in [0, 0.1) is 4.77 Å². The van der Waals surface area contributed by atoms with Crippen molar-refractivity contribution in [3.8, 4) is 0 Å². The average molecular weight is 196 g/mol. The van der Waals surface area contributed by atoms with Crippen LogP contribution >= 0.6 is 12.2 Å². The molecule has 1 aromatic heterocycles. The summed E-state index contributed by atoms with van der Waals surface area (Å²) in [5.74, 6) is 0. The second-order valence-corrected chi connectivity index (χ2v) is 3.84. The van der Waals surface area contributed by atoms with Crippen molar-refractivity contribution in [1.82, 2.24) is 9.55 Å². The van der Waals surface area contributed by atoms with E-state index in [0.29, 0.717) is 10.8 Å². The first-order valence-electron chi connectivity index (χ1n) is 4.59. The molecule has 1 heterocycles. The number of nitrogens with one attached hydrogen (secondary N) is 1. The number of rotatable bonds is 1. The Labute approximate surface area is 81.4 Å². The second kappa shape index (κ2) is 3.46. The standard InChI is InChI=1S/C9H12N2OS/c12-8-5-6-11(9(13)10-8)7-3-1-2-4-7/h5-7H,1-4H2,(H,10,12,13). The van der Waals surface area contributed by atoms with E-state index >= 15 is 0 Å². The summed E-state index contributed by atoms with van der Waals surface area (Å²) in [7, 11) is 0. The van der Waals surface area contributed by atoms with Gasteiger partial charge in [0.25, 0.3) is 5.56 Å². The van der Waals surface area contributed by atoms with Crippen LogP contribution in [0.3, 0.4) is 0 Å². The summed E-state index contributed by atoms with van der Waals surface area (Å²) in [6, 6.07) is 2.04. The maximum Gasteiger partial charge on any atom is 0.251 e. The average Bonchev–Trinajstić information content (AvgIpc) is 2.56. The highest BCUT2D eigenvalue weighted by Gasteiger charge is 2.16. The van der Waals surface area contributed by atoms with Crippen LogP contribution in [0.15, 0.2) is 17.1 Å². The van der Waals surface area contributed by atoms with Crippen molar-refractivity contribution in [3.05, 3.63) is 27.4 Å². The van der Waals surface area contributed by atoms with Gasteiger partial charge < -0.3 is 4.57 Å². The molecule has 3 nitrogen and oxygen atoms in total. The summed E-state index contributed by atoms with van der Waals surface area (Å²) < 4.78 is 2.56. The fourth-order valence-corrected chi connectivity index (χ4v) is 2.21. The molecule has 1 aliphatic carbocycles. The van der Waals surface area contributed by atoms with Crippen molar-refractivity contribution >= 4 is 12.2 Å². The van der Waals surface area contributed by atoms with Crippen LogP contribution in [0.1, 0.15) is 31.7 Å². The fraction of sp³-hybridized carbons (Fsp3) is 0.556. The van der Waals surface area contributed by atoms with Gasteiger partial charge in [-0.3, -0.25) is 9.78 Å². The lowest BCUT2D eigenvalue weighted by Crippen LogP contribution is -2.14. The predicted molar refractivity (Wildman–Crippen MR) is 53.4 cm³/mol. The van der Waals surface area contributed by atoms with Crippen LogP contribution in [0.5, 0.6) is 0 Å². The quantitative estimate of drug-likeness (QED) is 0.698. The van der Waals surface area contributed by atoms with Gasteiger partial charge in [-0.05, 0) is 25.1 Å². The number of H-pyrrole nitrogens is 1. The Kier molecular flexibility index (Phi) is 2.31. The van der Waals surface area contributed by atoms with Crippen molar-refractivity contribution in [3.63, 3.8) is 0 Å². The number of aromatic nitrogens is 2. The minimum atomic E-state index is -0.112. The molecule has 2 rings (SSSR count). The van der Waals surface area contributed by atoms with Gasteiger partial charge in [0.05, 0.1) is 0 Å². The highest BCUT2D eigenvalue weighted by molar-refractivity contribution is 7.71. The van der Waals surface area contributed by atoms with E-state index in [-0.39, 0.29) is 5.56 Å². The minimum absolute atomic E-state index is 0.112. The largest absolute Gasteiger partial charge is 0.322 e. The van der Waals surface area contributed by atoms with Gasteiger partial charge in [-0.25, -0.2) is 0 Å².